The van der Waals surface area contributed by atoms with E-state index in [1.165, 1.54) is 205 Å². The second-order valence-corrected chi connectivity index (χ2v) is 30.1. The number of hydrogen-bond acceptors (Lipinski definition) is 15. The molecule has 0 rings (SSSR count). The van der Waals surface area contributed by atoms with E-state index < -0.39 is 97.5 Å². The van der Waals surface area contributed by atoms with Crippen molar-refractivity contribution < 1.29 is 80.2 Å². The standard InChI is InChI=1S/C74H144O17P2/c1-6-9-12-15-18-21-22-23-24-25-26-27-28-29-32-36-40-45-50-55-60-74(79)91-70(64-85-72(77)58-53-48-43-39-35-33-30-31-34-38-41-46-51-56-67(4)5)66-89-93(82,83)87-62-68(75)61-86-92(80,81)88-65-69(63-84-71(76)57-52-47-42-20-17-14-11-8-3)90-73(78)59-54-49-44-37-19-16-13-10-7-2/h67-70,75H,6-66H2,1-5H3,(H,80,81)(H,82,83)/t68-,69+,70+/m0/s1. The summed E-state index contributed by atoms with van der Waals surface area (Å²) in [5.41, 5.74) is 0. The van der Waals surface area contributed by atoms with E-state index in [9.17, 15) is 43.2 Å². The fourth-order valence-corrected chi connectivity index (χ4v) is 12.9. The molecule has 0 heterocycles. The Morgan fingerprint density at radius 2 is 0.495 bits per heavy atom. The van der Waals surface area contributed by atoms with Crippen molar-refractivity contribution in [3.63, 3.8) is 0 Å². The summed E-state index contributed by atoms with van der Waals surface area (Å²) in [6, 6.07) is 0. The van der Waals surface area contributed by atoms with Crippen LogP contribution in [0.5, 0.6) is 0 Å². The molecule has 0 saturated carbocycles. The van der Waals surface area contributed by atoms with Gasteiger partial charge in [-0.25, -0.2) is 9.13 Å². The summed E-state index contributed by atoms with van der Waals surface area (Å²) in [7, 11) is -9.90. The van der Waals surface area contributed by atoms with Gasteiger partial charge in [0.05, 0.1) is 26.4 Å². The topological polar surface area (TPSA) is 237 Å². The van der Waals surface area contributed by atoms with Crippen LogP contribution in [-0.2, 0) is 65.4 Å². The molecule has 0 spiro atoms. The molecule has 0 aliphatic rings. The highest BCUT2D eigenvalue weighted by Gasteiger charge is 2.30. The molecular weight excluding hydrogens is 1220 g/mol. The maximum Gasteiger partial charge on any atom is 0.472 e. The molecule has 5 atom stereocenters. The van der Waals surface area contributed by atoms with Gasteiger partial charge in [0.15, 0.2) is 12.2 Å². The predicted molar refractivity (Wildman–Crippen MR) is 377 cm³/mol. The first kappa shape index (κ1) is 91.1. The number of unbranched alkanes of at least 4 members (excludes halogenated alkanes) is 46. The van der Waals surface area contributed by atoms with Gasteiger partial charge in [-0.15, -0.1) is 0 Å². The number of carbonyl (C=O) groups is 4. The Balaban J connectivity index is 5.17. The highest BCUT2D eigenvalue weighted by molar-refractivity contribution is 7.47. The Labute approximate surface area is 568 Å². The van der Waals surface area contributed by atoms with Crippen LogP contribution in [0.2, 0.25) is 0 Å². The second kappa shape index (κ2) is 67.3. The van der Waals surface area contributed by atoms with Gasteiger partial charge in [-0.1, -0.05) is 336 Å². The van der Waals surface area contributed by atoms with Crippen LogP contribution in [0.15, 0.2) is 0 Å². The molecule has 3 N–H and O–H groups in total. The van der Waals surface area contributed by atoms with Gasteiger partial charge in [-0.2, -0.15) is 0 Å². The molecule has 19 heteroatoms. The van der Waals surface area contributed by atoms with Crippen LogP contribution >= 0.6 is 15.6 Å². The van der Waals surface area contributed by atoms with E-state index in [4.69, 9.17) is 37.0 Å². The van der Waals surface area contributed by atoms with Crippen molar-refractivity contribution in [1.29, 1.82) is 0 Å². The third-order valence-electron chi connectivity index (χ3n) is 17.3. The van der Waals surface area contributed by atoms with Crippen molar-refractivity contribution in [2.75, 3.05) is 39.6 Å². The minimum atomic E-state index is -4.95. The van der Waals surface area contributed by atoms with Gasteiger partial charge in [-0.3, -0.25) is 37.3 Å². The molecule has 0 amide bonds. The molecular formula is C74H144O17P2. The molecule has 93 heavy (non-hydrogen) atoms. The highest BCUT2D eigenvalue weighted by Crippen LogP contribution is 2.45. The van der Waals surface area contributed by atoms with Gasteiger partial charge in [-0.05, 0) is 31.6 Å². The normalized spacial score (nSPS) is 14.0. The van der Waals surface area contributed by atoms with Crippen LogP contribution in [0.3, 0.4) is 0 Å². The summed E-state index contributed by atoms with van der Waals surface area (Å²) in [5, 5.41) is 10.6. The average Bonchev–Trinajstić information content (AvgIpc) is 3.16. The van der Waals surface area contributed by atoms with Crippen molar-refractivity contribution in [1.82, 2.24) is 0 Å². The average molecular weight is 1370 g/mol. The van der Waals surface area contributed by atoms with Crippen molar-refractivity contribution >= 4 is 39.5 Å². The maximum absolute atomic E-state index is 13.1. The third-order valence-corrected chi connectivity index (χ3v) is 19.2. The number of rotatable bonds is 74. The van der Waals surface area contributed by atoms with Crippen molar-refractivity contribution in [3.05, 3.63) is 0 Å². The molecule has 0 saturated heterocycles. The second-order valence-electron chi connectivity index (χ2n) is 27.2. The predicted octanol–water partition coefficient (Wildman–Crippen LogP) is 21.7. The van der Waals surface area contributed by atoms with E-state index in [-0.39, 0.29) is 25.7 Å². The molecule has 552 valence electrons. The van der Waals surface area contributed by atoms with E-state index in [0.717, 1.165) is 102 Å². The van der Waals surface area contributed by atoms with Gasteiger partial charge in [0.2, 0.25) is 0 Å². The summed E-state index contributed by atoms with van der Waals surface area (Å²) in [6.45, 7) is 7.25. The highest BCUT2D eigenvalue weighted by atomic mass is 31.2. The van der Waals surface area contributed by atoms with Crippen molar-refractivity contribution in [2.45, 2.75) is 406 Å². The SMILES string of the molecule is CCCCCCCCCCCCCCCCCCCCCCC(=O)O[C@H](COC(=O)CCCCCCCCCCCCCCCC(C)C)COP(=O)(O)OC[C@@H](O)COP(=O)(O)OC[C@@H](COC(=O)CCCCCCCCCC)OC(=O)CCCCCCCCCCC. The molecule has 0 bridgehead atoms. The molecule has 0 aliphatic heterocycles. The van der Waals surface area contributed by atoms with Gasteiger partial charge in [0, 0.05) is 25.7 Å². The van der Waals surface area contributed by atoms with Gasteiger partial charge in [0.1, 0.15) is 19.3 Å². The summed E-state index contributed by atoms with van der Waals surface area (Å²) in [6.07, 6.45) is 55.7. The monoisotopic (exact) mass is 1370 g/mol. The first-order valence-electron chi connectivity index (χ1n) is 38.6. The van der Waals surface area contributed by atoms with Crippen LogP contribution in [-0.4, -0.2) is 96.7 Å². The van der Waals surface area contributed by atoms with Crippen LogP contribution in [0.25, 0.3) is 0 Å². The zero-order valence-electron chi connectivity index (χ0n) is 60.4. The largest absolute Gasteiger partial charge is 0.472 e. The van der Waals surface area contributed by atoms with E-state index in [1.807, 2.05) is 0 Å². The summed E-state index contributed by atoms with van der Waals surface area (Å²) >= 11 is 0. The van der Waals surface area contributed by atoms with Crippen LogP contribution < -0.4 is 0 Å². The van der Waals surface area contributed by atoms with Crippen LogP contribution in [0.4, 0.5) is 0 Å². The quantitative estimate of drug-likeness (QED) is 0.0222. The van der Waals surface area contributed by atoms with E-state index in [2.05, 4.69) is 34.6 Å². The molecule has 0 aromatic heterocycles. The first-order chi connectivity index (χ1) is 45.0. The molecule has 17 nitrogen and oxygen atoms in total. The molecule has 0 aromatic rings. The lowest BCUT2D eigenvalue weighted by atomic mass is 10.0. The number of phosphoric ester groups is 2. The minimum Gasteiger partial charge on any atom is -0.462 e. The van der Waals surface area contributed by atoms with Crippen molar-refractivity contribution in [3.8, 4) is 0 Å². The zero-order valence-corrected chi connectivity index (χ0v) is 62.2. The minimum absolute atomic E-state index is 0.106. The number of aliphatic hydroxyl groups is 1. The molecule has 2 unspecified atom stereocenters. The lowest BCUT2D eigenvalue weighted by molar-refractivity contribution is -0.161. The first-order valence-corrected chi connectivity index (χ1v) is 41.6. The third kappa shape index (κ3) is 68.4. The number of carbonyl (C=O) groups excluding carboxylic acids is 4. The Morgan fingerprint density at radius 3 is 0.731 bits per heavy atom. The molecule has 0 fully saturated rings. The Morgan fingerprint density at radius 1 is 0.290 bits per heavy atom. The number of hydrogen-bond donors (Lipinski definition) is 3. The molecule has 0 aliphatic carbocycles. The van der Waals surface area contributed by atoms with E-state index in [0.29, 0.717) is 25.7 Å². The fraction of sp³-hybridized carbons (Fsp3) is 0.946. The molecule has 0 radical (unpaired) electrons. The number of phosphoric acid groups is 2. The summed E-state index contributed by atoms with van der Waals surface area (Å²) < 4.78 is 68.3. The Bertz CT molecular complexity index is 1790. The van der Waals surface area contributed by atoms with Crippen LogP contribution in [0.1, 0.15) is 388 Å². The molecule has 0 aromatic carbocycles. The van der Waals surface area contributed by atoms with Crippen molar-refractivity contribution in [2.24, 2.45) is 5.92 Å². The smallest absolute Gasteiger partial charge is 0.462 e. The fourth-order valence-electron chi connectivity index (χ4n) is 11.4. The number of esters is 4. The van der Waals surface area contributed by atoms with E-state index >= 15 is 0 Å². The lowest BCUT2D eigenvalue weighted by Crippen LogP contribution is -2.30. The number of ether oxygens (including phenoxy) is 4. The summed E-state index contributed by atoms with van der Waals surface area (Å²) in [4.78, 5) is 72.5. The lowest BCUT2D eigenvalue weighted by Gasteiger charge is -2.21. The summed E-state index contributed by atoms with van der Waals surface area (Å²) in [5.74, 6) is -1.33. The van der Waals surface area contributed by atoms with Gasteiger partial charge >= 0.3 is 39.5 Å². The van der Waals surface area contributed by atoms with Gasteiger partial charge < -0.3 is 33.8 Å². The van der Waals surface area contributed by atoms with E-state index in [1.54, 1.807) is 0 Å². The van der Waals surface area contributed by atoms with Gasteiger partial charge in [0.25, 0.3) is 0 Å². The number of aliphatic hydroxyl groups excluding tert-OH is 1. The zero-order chi connectivity index (χ0) is 68.4. The maximum atomic E-state index is 13.1. The Kier molecular flexibility index (Phi) is 65.9. The van der Waals surface area contributed by atoms with Crippen LogP contribution in [0, 0.1) is 5.92 Å². The Hall–Kier alpha value is -1.94.